The molecule has 1 fully saturated rings. The van der Waals surface area contributed by atoms with Crippen LogP contribution >= 0.6 is 0 Å². The first kappa shape index (κ1) is 13.7. The molecule has 3 rings (SSSR count). The number of hydrogen-bond acceptors (Lipinski definition) is 6. The fraction of sp³-hybridized carbons (Fsp3) is 0.467. The van der Waals surface area contributed by atoms with Gasteiger partial charge in [0, 0.05) is 31.3 Å². The zero-order valence-electron chi connectivity index (χ0n) is 12.4. The van der Waals surface area contributed by atoms with Gasteiger partial charge in [-0.25, -0.2) is 19.9 Å². The van der Waals surface area contributed by atoms with Gasteiger partial charge in [0.15, 0.2) is 0 Å². The smallest absolute Gasteiger partial charge is 0.316 e. The Balaban J connectivity index is 1.65. The summed E-state index contributed by atoms with van der Waals surface area (Å²) in [5.74, 6) is 0.763. The third-order valence-electron chi connectivity index (χ3n) is 3.46. The third kappa shape index (κ3) is 3.45. The number of hydrogen-bond donors (Lipinski definition) is 0. The summed E-state index contributed by atoms with van der Waals surface area (Å²) < 4.78 is 5.87. The Morgan fingerprint density at radius 3 is 2.29 bits per heavy atom. The van der Waals surface area contributed by atoms with E-state index in [1.165, 1.54) is 0 Å². The quantitative estimate of drug-likeness (QED) is 0.858. The predicted octanol–water partition coefficient (Wildman–Crippen LogP) is 1.93. The lowest BCUT2D eigenvalue weighted by Crippen LogP contribution is -2.42. The highest BCUT2D eigenvalue weighted by Crippen LogP contribution is 2.18. The summed E-state index contributed by atoms with van der Waals surface area (Å²) >= 11 is 0. The van der Waals surface area contributed by atoms with E-state index in [2.05, 4.69) is 24.8 Å². The van der Waals surface area contributed by atoms with Gasteiger partial charge in [0.2, 0.25) is 5.95 Å². The fourth-order valence-electron chi connectivity index (χ4n) is 2.36. The van der Waals surface area contributed by atoms with Crippen molar-refractivity contribution in [1.29, 1.82) is 0 Å². The van der Waals surface area contributed by atoms with Gasteiger partial charge in [-0.05, 0) is 37.8 Å². The highest BCUT2D eigenvalue weighted by molar-refractivity contribution is 5.30. The van der Waals surface area contributed by atoms with E-state index in [0.717, 1.165) is 43.0 Å². The van der Waals surface area contributed by atoms with Crippen LogP contribution in [0.25, 0.3) is 0 Å². The number of aryl methyl sites for hydroxylation is 2. The maximum Gasteiger partial charge on any atom is 0.316 e. The molecule has 3 heterocycles. The van der Waals surface area contributed by atoms with Crippen LogP contribution in [-0.2, 0) is 0 Å². The minimum atomic E-state index is 0.0753. The first-order valence-corrected chi connectivity index (χ1v) is 7.19. The molecule has 0 aliphatic carbocycles. The summed E-state index contributed by atoms with van der Waals surface area (Å²) in [7, 11) is 0. The second-order valence-electron chi connectivity index (χ2n) is 5.43. The van der Waals surface area contributed by atoms with Crippen molar-refractivity contribution < 1.29 is 4.74 Å². The molecule has 1 atom stereocenters. The summed E-state index contributed by atoms with van der Waals surface area (Å²) in [6.45, 7) is 5.67. The van der Waals surface area contributed by atoms with Crippen LogP contribution in [0.3, 0.4) is 0 Å². The van der Waals surface area contributed by atoms with E-state index in [9.17, 15) is 0 Å². The Labute approximate surface area is 124 Å². The van der Waals surface area contributed by atoms with Gasteiger partial charge in [-0.3, -0.25) is 0 Å². The lowest BCUT2D eigenvalue weighted by molar-refractivity contribution is 0.164. The Hall–Kier alpha value is -2.24. The summed E-state index contributed by atoms with van der Waals surface area (Å²) in [6, 6.07) is 0.442. The molecule has 1 saturated heterocycles. The summed E-state index contributed by atoms with van der Waals surface area (Å²) in [6.07, 6.45) is 9.35. The molecule has 0 aromatic carbocycles. The highest BCUT2D eigenvalue weighted by atomic mass is 16.5. The van der Waals surface area contributed by atoms with Crippen LogP contribution in [0.5, 0.6) is 6.01 Å². The number of aromatic nitrogens is 4. The second kappa shape index (κ2) is 6.03. The molecule has 1 aliphatic rings. The van der Waals surface area contributed by atoms with Crippen LogP contribution in [0.1, 0.15) is 24.0 Å². The van der Waals surface area contributed by atoms with E-state index in [-0.39, 0.29) is 6.10 Å². The van der Waals surface area contributed by atoms with Crippen LogP contribution in [0, 0.1) is 13.8 Å². The van der Waals surface area contributed by atoms with E-state index in [4.69, 9.17) is 4.74 Å². The number of nitrogens with zero attached hydrogens (tertiary/aromatic N) is 5. The maximum absolute atomic E-state index is 5.87. The number of rotatable bonds is 3. The highest BCUT2D eigenvalue weighted by Gasteiger charge is 2.23. The Morgan fingerprint density at radius 1 is 1.00 bits per heavy atom. The van der Waals surface area contributed by atoms with E-state index >= 15 is 0 Å². The Kier molecular flexibility index (Phi) is 3.94. The largest absolute Gasteiger partial charge is 0.458 e. The van der Waals surface area contributed by atoms with Gasteiger partial charge in [-0.1, -0.05) is 0 Å². The van der Waals surface area contributed by atoms with Gasteiger partial charge >= 0.3 is 6.01 Å². The van der Waals surface area contributed by atoms with Crippen molar-refractivity contribution in [3.05, 3.63) is 35.9 Å². The van der Waals surface area contributed by atoms with Crippen molar-refractivity contribution in [3.8, 4) is 6.01 Å². The number of piperidine rings is 1. The van der Waals surface area contributed by atoms with Crippen molar-refractivity contribution in [1.82, 2.24) is 19.9 Å². The van der Waals surface area contributed by atoms with Gasteiger partial charge in [0.05, 0.1) is 6.54 Å². The van der Waals surface area contributed by atoms with Gasteiger partial charge < -0.3 is 9.64 Å². The predicted molar refractivity (Wildman–Crippen MR) is 79.4 cm³/mol. The Bertz CT molecular complexity index is 584. The average molecular weight is 285 g/mol. The molecule has 21 heavy (non-hydrogen) atoms. The first-order valence-electron chi connectivity index (χ1n) is 7.19. The topological polar surface area (TPSA) is 64.0 Å². The molecule has 0 radical (unpaired) electrons. The molecule has 0 spiro atoms. The lowest BCUT2D eigenvalue weighted by atomic mass is 10.1. The lowest BCUT2D eigenvalue weighted by Gasteiger charge is -2.32. The van der Waals surface area contributed by atoms with E-state index < -0.39 is 0 Å². The molecular formula is C15H19N5O. The monoisotopic (exact) mass is 285 g/mol. The SMILES string of the molecule is Cc1cnc(OC2CCCN(c3ncc(C)cn3)C2)nc1. The fourth-order valence-corrected chi connectivity index (χ4v) is 2.36. The zero-order valence-corrected chi connectivity index (χ0v) is 12.4. The number of anilines is 1. The van der Waals surface area contributed by atoms with Crippen LogP contribution < -0.4 is 9.64 Å². The van der Waals surface area contributed by atoms with Crippen LogP contribution in [0.15, 0.2) is 24.8 Å². The van der Waals surface area contributed by atoms with E-state index in [1.807, 2.05) is 26.2 Å². The molecule has 110 valence electrons. The normalized spacial score (nSPS) is 18.6. The average Bonchev–Trinajstić information content (AvgIpc) is 2.51. The van der Waals surface area contributed by atoms with Crippen molar-refractivity contribution in [3.63, 3.8) is 0 Å². The van der Waals surface area contributed by atoms with Gasteiger partial charge in [-0.2, -0.15) is 0 Å². The molecule has 2 aromatic rings. The van der Waals surface area contributed by atoms with Crippen LogP contribution in [-0.4, -0.2) is 39.1 Å². The standard InChI is InChI=1S/C15H19N5O/c1-11-6-16-14(17-7-11)20-5-3-4-13(10-20)21-15-18-8-12(2)9-19-15/h6-9,13H,3-5,10H2,1-2H3. The van der Waals surface area contributed by atoms with Crippen LogP contribution in [0.2, 0.25) is 0 Å². The molecule has 0 bridgehead atoms. The molecule has 0 amide bonds. The minimum absolute atomic E-state index is 0.0753. The molecule has 6 heteroatoms. The molecular weight excluding hydrogens is 266 g/mol. The van der Waals surface area contributed by atoms with Crippen molar-refractivity contribution >= 4 is 5.95 Å². The number of ether oxygens (including phenoxy) is 1. The minimum Gasteiger partial charge on any atom is -0.458 e. The van der Waals surface area contributed by atoms with E-state index in [0.29, 0.717) is 6.01 Å². The second-order valence-corrected chi connectivity index (χ2v) is 5.43. The zero-order chi connectivity index (χ0) is 14.7. The van der Waals surface area contributed by atoms with Gasteiger partial charge in [-0.15, -0.1) is 0 Å². The summed E-state index contributed by atoms with van der Waals surface area (Å²) in [5.41, 5.74) is 2.09. The third-order valence-corrected chi connectivity index (χ3v) is 3.46. The van der Waals surface area contributed by atoms with Crippen molar-refractivity contribution in [2.75, 3.05) is 18.0 Å². The summed E-state index contributed by atoms with van der Waals surface area (Å²) in [4.78, 5) is 19.3. The Morgan fingerprint density at radius 2 is 1.62 bits per heavy atom. The molecule has 1 aliphatic heterocycles. The van der Waals surface area contributed by atoms with Gasteiger partial charge in [0.25, 0.3) is 0 Å². The molecule has 0 saturated carbocycles. The first-order chi connectivity index (χ1) is 10.2. The molecule has 0 N–H and O–H groups in total. The van der Waals surface area contributed by atoms with Gasteiger partial charge in [0.1, 0.15) is 6.10 Å². The van der Waals surface area contributed by atoms with Crippen LogP contribution in [0.4, 0.5) is 5.95 Å². The molecule has 6 nitrogen and oxygen atoms in total. The maximum atomic E-state index is 5.87. The molecule has 1 unspecified atom stereocenters. The van der Waals surface area contributed by atoms with Crippen molar-refractivity contribution in [2.45, 2.75) is 32.8 Å². The summed E-state index contributed by atoms with van der Waals surface area (Å²) in [5, 5.41) is 0. The van der Waals surface area contributed by atoms with Crippen molar-refractivity contribution in [2.24, 2.45) is 0 Å². The molecule has 2 aromatic heterocycles. The van der Waals surface area contributed by atoms with E-state index in [1.54, 1.807) is 12.4 Å².